The lowest BCUT2D eigenvalue weighted by atomic mass is 10.2. The number of nitro benzene ring substituents is 1. The molecular weight excluding hydrogens is 210 g/mol. The maximum atomic E-state index is 11.9. The molecule has 0 bridgehead atoms. The highest BCUT2D eigenvalue weighted by Crippen LogP contribution is 2.18. The van der Waals surface area contributed by atoms with E-state index in [1.54, 1.807) is 26.1 Å². The van der Waals surface area contributed by atoms with Gasteiger partial charge in [0.25, 0.3) is 11.5 Å². The van der Waals surface area contributed by atoms with E-state index in [1.165, 1.54) is 10.6 Å². The van der Waals surface area contributed by atoms with Crippen LogP contribution >= 0.6 is 0 Å². The standard InChI is InChI=1S/C10H9N3O3/c1-6-11-7-4-3-5-8(13(15)16)9(7)10(14)12(6)2/h3-5H,1-2H3/p+1. The van der Waals surface area contributed by atoms with Gasteiger partial charge in [-0.15, -0.1) is 0 Å². The van der Waals surface area contributed by atoms with E-state index in [1.807, 2.05) is 0 Å². The van der Waals surface area contributed by atoms with Crippen molar-refractivity contribution >= 4 is 16.6 Å². The molecule has 0 aliphatic heterocycles. The first-order valence-electron chi connectivity index (χ1n) is 4.68. The van der Waals surface area contributed by atoms with Crippen LogP contribution in [0.15, 0.2) is 23.0 Å². The third kappa shape index (κ3) is 1.35. The Balaban J connectivity index is 3.04. The van der Waals surface area contributed by atoms with E-state index < -0.39 is 4.92 Å². The van der Waals surface area contributed by atoms with Crippen molar-refractivity contribution in [3.05, 3.63) is 44.5 Å². The zero-order valence-electron chi connectivity index (χ0n) is 8.85. The van der Waals surface area contributed by atoms with Crippen molar-refractivity contribution in [1.29, 1.82) is 0 Å². The Morgan fingerprint density at radius 1 is 1.44 bits per heavy atom. The summed E-state index contributed by atoms with van der Waals surface area (Å²) in [5.41, 5.74) is -0.0531. The number of fused-ring (bicyclic) bond motifs is 1. The first-order valence-corrected chi connectivity index (χ1v) is 4.68. The highest BCUT2D eigenvalue weighted by atomic mass is 16.6. The molecule has 82 valence electrons. The molecule has 0 fully saturated rings. The average molecular weight is 220 g/mol. The van der Waals surface area contributed by atoms with Crippen LogP contribution < -0.4 is 10.5 Å². The van der Waals surface area contributed by atoms with E-state index in [9.17, 15) is 14.9 Å². The predicted octanol–water partition coefficient (Wildman–Crippen LogP) is 0.569. The number of nitrogens with zero attached hydrogens (tertiary/aromatic N) is 2. The predicted molar refractivity (Wildman–Crippen MR) is 57.1 cm³/mol. The summed E-state index contributed by atoms with van der Waals surface area (Å²) in [4.78, 5) is 25.1. The largest absolute Gasteiger partial charge is 0.352 e. The van der Waals surface area contributed by atoms with Gasteiger partial charge in [0.1, 0.15) is 5.52 Å². The molecule has 1 aromatic heterocycles. The minimum atomic E-state index is -0.549. The minimum Gasteiger partial charge on any atom is -0.258 e. The van der Waals surface area contributed by atoms with Crippen molar-refractivity contribution in [1.82, 2.24) is 4.57 Å². The highest BCUT2D eigenvalue weighted by Gasteiger charge is 2.21. The van der Waals surface area contributed by atoms with E-state index in [2.05, 4.69) is 4.98 Å². The van der Waals surface area contributed by atoms with Gasteiger partial charge in [-0.2, -0.15) is 4.57 Å². The maximum absolute atomic E-state index is 11.9. The van der Waals surface area contributed by atoms with Crippen LogP contribution in [0, 0.1) is 17.0 Å². The van der Waals surface area contributed by atoms with Gasteiger partial charge >= 0.3 is 5.56 Å². The summed E-state index contributed by atoms with van der Waals surface area (Å²) in [6.45, 7) is 1.74. The van der Waals surface area contributed by atoms with Gasteiger partial charge in [0, 0.05) is 13.0 Å². The molecule has 0 saturated heterocycles. The number of hydrogen-bond acceptors (Lipinski definition) is 3. The maximum Gasteiger partial charge on any atom is 0.352 e. The quantitative estimate of drug-likeness (QED) is 0.520. The topological polar surface area (TPSA) is 79.3 Å². The van der Waals surface area contributed by atoms with E-state index in [0.29, 0.717) is 11.3 Å². The number of aromatic nitrogens is 2. The fraction of sp³-hybridized carbons (Fsp3) is 0.200. The Kier molecular flexibility index (Phi) is 2.19. The summed E-state index contributed by atoms with van der Waals surface area (Å²) in [6, 6.07) is 4.53. The molecule has 2 rings (SSSR count). The van der Waals surface area contributed by atoms with Gasteiger partial charge in [-0.1, -0.05) is 6.07 Å². The van der Waals surface area contributed by atoms with Gasteiger partial charge in [0.2, 0.25) is 0 Å². The lowest BCUT2D eigenvalue weighted by Gasteiger charge is -1.99. The van der Waals surface area contributed by atoms with Crippen LogP contribution in [-0.4, -0.2) is 9.49 Å². The zero-order valence-corrected chi connectivity index (χ0v) is 8.85. The van der Waals surface area contributed by atoms with Gasteiger partial charge in [-0.3, -0.25) is 10.1 Å². The molecule has 1 N–H and O–H groups in total. The Morgan fingerprint density at radius 2 is 2.12 bits per heavy atom. The number of aromatic amines is 1. The first kappa shape index (κ1) is 10.3. The number of rotatable bonds is 1. The summed E-state index contributed by atoms with van der Waals surface area (Å²) in [5.74, 6) is 0.651. The Morgan fingerprint density at radius 3 is 2.75 bits per heavy atom. The van der Waals surface area contributed by atoms with E-state index in [4.69, 9.17) is 0 Å². The highest BCUT2D eigenvalue weighted by molar-refractivity contribution is 5.84. The van der Waals surface area contributed by atoms with Crippen molar-refractivity contribution in [3.63, 3.8) is 0 Å². The van der Waals surface area contributed by atoms with E-state index in [0.717, 1.165) is 0 Å². The molecule has 0 aliphatic rings. The molecule has 1 heterocycles. The molecule has 0 aliphatic carbocycles. The first-order chi connectivity index (χ1) is 7.52. The summed E-state index contributed by atoms with van der Waals surface area (Å²) < 4.78 is 1.36. The SMILES string of the molecule is Cc1[nH+]c2cccc([N+](=O)[O-])c2c(=O)n1C. The molecule has 2 aromatic rings. The Bertz CT molecular complexity index is 646. The van der Waals surface area contributed by atoms with E-state index >= 15 is 0 Å². The molecule has 0 atom stereocenters. The molecule has 1 aromatic carbocycles. The lowest BCUT2D eigenvalue weighted by molar-refractivity contribution is -0.385. The molecule has 6 heteroatoms. The second-order valence-electron chi connectivity index (χ2n) is 3.53. The molecular formula is C10H10N3O3+. The summed E-state index contributed by atoms with van der Waals surface area (Å²) in [5, 5.41) is 10.9. The lowest BCUT2D eigenvalue weighted by Crippen LogP contribution is -2.29. The minimum absolute atomic E-state index is 0.112. The van der Waals surface area contributed by atoms with Crippen LogP contribution in [0.2, 0.25) is 0 Å². The molecule has 6 nitrogen and oxygen atoms in total. The monoisotopic (exact) mass is 220 g/mol. The van der Waals surface area contributed by atoms with Gasteiger partial charge in [0.15, 0.2) is 5.39 Å². The van der Waals surface area contributed by atoms with Gasteiger partial charge in [-0.25, -0.2) is 9.78 Å². The number of nitro groups is 1. The summed E-state index contributed by atoms with van der Waals surface area (Å²) in [6.07, 6.45) is 0. The van der Waals surface area contributed by atoms with Crippen molar-refractivity contribution in [2.75, 3.05) is 0 Å². The molecule has 16 heavy (non-hydrogen) atoms. The zero-order chi connectivity index (χ0) is 11.9. The fourth-order valence-electron chi connectivity index (χ4n) is 1.62. The Labute approximate surface area is 90.3 Å². The van der Waals surface area contributed by atoms with Crippen molar-refractivity contribution < 1.29 is 9.91 Å². The number of benzene rings is 1. The van der Waals surface area contributed by atoms with Crippen LogP contribution in [0.3, 0.4) is 0 Å². The van der Waals surface area contributed by atoms with Crippen molar-refractivity contribution in [2.24, 2.45) is 7.05 Å². The van der Waals surface area contributed by atoms with Gasteiger partial charge in [-0.05, 0) is 6.07 Å². The molecule has 0 spiro atoms. The van der Waals surface area contributed by atoms with Crippen LogP contribution in [0.1, 0.15) is 5.82 Å². The Hall–Kier alpha value is -2.24. The second-order valence-corrected chi connectivity index (χ2v) is 3.53. The van der Waals surface area contributed by atoms with Crippen molar-refractivity contribution in [2.45, 2.75) is 6.92 Å². The van der Waals surface area contributed by atoms with Crippen molar-refractivity contribution in [3.8, 4) is 0 Å². The van der Waals surface area contributed by atoms with Crippen LogP contribution in [0.25, 0.3) is 10.9 Å². The summed E-state index contributed by atoms with van der Waals surface area (Å²) >= 11 is 0. The van der Waals surface area contributed by atoms with Gasteiger partial charge in [0.05, 0.1) is 12.0 Å². The molecule has 0 saturated carbocycles. The fourth-order valence-corrected chi connectivity index (χ4v) is 1.62. The number of non-ortho nitro benzene ring substituents is 1. The van der Waals surface area contributed by atoms with E-state index in [-0.39, 0.29) is 16.6 Å². The number of nitrogens with one attached hydrogen (secondary N) is 1. The smallest absolute Gasteiger partial charge is 0.258 e. The number of hydrogen-bond donors (Lipinski definition) is 0. The van der Waals surface area contributed by atoms with Crippen LogP contribution in [-0.2, 0) is 7.05 Å². The normalized spacial score (nSPS) is 10.6. The average Bonchev–Trinajstić information content (AvgIpc) is 2.25. The van der Waals surface area contributed by atoms with Gasteiger partial charge < -0.3 is 0 Å². The van der Waals surface area contributed by atoms with Crippen LogP contribution in [0.4, 0.5) is 5.69 Å². The molecule has 0 unspecified atom stereocenters. The number of H-pyrrole nitrogens is 1. The molecule has 0 amide bonds. The summed E-state index contributed by atoms with van der Waals surface area (Å²) in [7, 11) is 1.57. The second kappa shape index (κ2) is 3.41. The third-order valence-electron chi connectivity index (χ3n) is 2.58. The molecule has 0 radical (unpaired) electrons. The third-order valence-corrected chi connectivity index (χ3v) is 2.58. The van der Waals surface area contributed by atoms with Crippen LogP contribution in [0.5, 0.6) is 0 Å². The number of aryl methyl sites for hydroxylation is 1.